The zero-order valence-electron chi connectivity index (χ0n) is 13.5. The molecule has 2 aromatic heterocycles. The third kappa shape index (κ3) is 3.90. The number of hydrogen-bond donors (Lipinski definition) is 2. The van der Waals surface area contributed by atoms with Crippen LogP contribution in [0.5, 0.6) is 0 Å². The van der Waals surface area contributed by atoms with Crippen LogP contribution >= 0.6 is 0 Å². The lowest BCUT2D eigenvalue weighted by Crippen LogP contribution is -2.38. The number of aromatic nitrogens is 3. The average Bonchev–Trinajstić information content (AvgIpc) is 3.01. The maximum Gasteiger partial charge on any atom is 0.315 e. The molecule has 2 N–H and O–H groups in total. The third-order valence-electron chi connectivity index (χ3n) is 3.77. The molecule has 0 spiro atoms. The second kappa shape index (κ2) is 7.25. The van der Waals surface area contributed by atoms with Crippen molar-refractivity contribution >= 4 is 11.7 Å². The van der Waals surface area contributed by atoms with E-state index in [1.165, 1.54) is 12.1 Å². The van der Waals surface area contributed by atoms with Crippen LogP contribution in [0.3, 0.4) is 0 Å². The highest BCUT2D eigenvalue weighted by atomic mass is 19.1. The van der Waals surface area contributed by atoms with Crippen LogP contribution in [0.4, 0.5) is 13.6 Å². The van der Waals surface area contributed by atoms with E-state index in [0.717, 1.165) is 6.07 Å². The minimum atomic E-state index is -0.624. The lowest BCUT2D eigenvalue weighted by Gasteiger charge is -2.13. The van der Waals surface area contributed by atoms with Gasteiger partial charge in [-0.15, -0.1) is 10.2 Å². The van der Waals surface area contributed by atoms with Gasteiger partial charge in [-0.2, -0.15) is 0 Å². The molecule has 1 aromatic carbocycles. The SMILES string of the molecule is CC(NC(=O)NCCc1ccc(F)cc1F)c1nnc2ccccn12. The van der Waals surface area contributed by atoms with Gasteiger partial charge in [0.15, 0.2) is 11.5 Å². The Morgan fingerprint density at radius 2 is 2.08 bits per heavy atom. The average molecular weight is 345 g/mol. The number of pyridine rings is 1. The summed E-state index contributed by atoms with van der Waals surface area (Å²) in [5, 5.41) is 13.5. The van der Waals surface area contributed by atoms with Gasteiger partial charge >= 0.3 is 6.03 Å². The molecule has 6 nitrogen and oxygen atoms in total. The van der Waals surface area contributed by atoms with Crippen molar-refractivity contribution in [1.29, 1.82) is 0 Å². The van der Waals surface area contributed by atoms with E-state index in [4.69, 9.17) is 0 Å². The molecule has 0 aliphatic rings. The van der Waals surface area contributed by atoms with Crippen LogP contribution < -0.4 is 10.6 Å². The third-order valence-corrected chi connectivity index (χ3v) is 3.77. The van der Waals surface area contributed by atoms with Crippen LogP contribution in [0.2, 0.25) is 0 Å². The van der Waals surface area contributed by atoms with Gasteiger partial charge in [0.2, 0.25) is 0 Å². The van der Waals surface area contributed by atoms with E-state index in [2.05, 4.69) is 20.8 Å². The number of fused-ring (bicyclic) bond motifs is 1. The molecule has 3 aromatic rings. The number of urea groups is 1. The molecule has 0 saturated heterocycles. The van der Waals surface area contributed by atoms with Crippen molar-refractivity contribution in [2.75, 3.05) is 6.54 Å². The second-order valence-electron chi connectivity index (χ2n) is 5.59. The molecule has 0 radical (unpaired) electrons. The van der Waals surface area contributed by atoms with Gasteiger partial charge in [-0.3, -0.25) is 4.40 Å². The molecule has 1 atom stereocenters. The van der Waals surface area contributed by atoms with Crippen molar-refractivity contribution in [3.05, 3.63) is 65.6 Å². The molecule has 0 bridgehead atoms. The first-order chi connectivity index (χ1) is 12.0. The normalized spacial score (nSPS) is 12.1. The van der Waals surface area contributed by atoms with Crippen molar-refractivity contribution in [3.63, 3.8) is 0 Å². The first-order valence-electron chi connectivity index (χ1n) is 7.82. The van der Waals surface area contributed by atoms with E-state index in [1.807, 2.05) is 24.4 Å². The minimum absolute atomic E-state index is 0.224. The molecule has 2 heterocycles. The molecule has 0 saturated carbocycles. The van der Waals surface area contributed by atoms with E-state index in [-0.39, 0.29) is 19.0 Å². The Kier molecular flexibility index (Phi) is 4.87. The molecule has 3 rings (SSSR count). The molecule has 1 unspecified atom stereocenters. The number of carbonyl (C=O) groups excluding carboxylic acids is 1. The molecule has 2 amide bonds. The van der Waals surface area contributed by atoms with Gasteiger partial charge in [0, 0.05) is 18.8 Å². The monoisotopic (exact) mass is 345 g/mol. The van der Waals surface area contributed by atoms with Crippen molar-refractivity contribution in [1.82, 2.24) is 25.2 Å². The van der Waals surface area contributed by atoms with Crippen molar-refractivity contribution in [2.45, 2.75) is 19.4 Å². The van der Waals surface area contributed by atoms with Crippen LogP contribution in [0.25, 0.3) is 5.65 Å². The summed E-state index contributed by atoms with van der Waals surface area (Å²) in [6, 6.07) is 8.15. The molecular formula is C17H17F2N5O. The summed E-state index contributed by atoms with van der Waals surface area (Å²) in [6.07, 6.45) is 2.08. The minimum Gasteiger partial charge on any atom is -0.338 e. The maximum atomic E-state index is 13.5. The highest BCUT2D eigenvalue weighted by molar-refractivity contribution is 5.74. The van der Waals surface area contributed by atoms with E-state index in [9.17, 15) is 13.6 Å². The number of nitrogens with one attached hydrogen (secondary N) is 2. The van der Waals surface area contributed by atoms with Crippen LogP contribution in [0.15, 0.2) is 42.6 Å². The number of benzene rings is 1. The highest BCUT2D eigenvalue weighted by Gasteiger charge is 2.15. The smallest absolute Gasteiger partial charge is 0.315 e. The summed E-state index contributed by atoms with van der Waals surface area (Å²) in [5.74, 6) is -0.637. The number of nitrogens with zero attached hydrogens (tertiary/aromatic N) is 3. The zero-order valence-corrected chi connectivity index (χ0v) is 13.5. The van der Waals surface area contributed by atoms with E-state index in [0.29, 0.717) is 17.0 Å². The Balaban J connectivity index is 1.53. The van der Waals surface area contributed by atoms with E-state index < -0.39 is 17.7 Å². The van der Waals surface area contributed by atoms with Gasteiger partial charge in [0.1, 0.15) is 11.6 Å². The summed E-state index contributed by atoms with van der Waals surface area (Å²) in [4.78, 5) is 12.0. The fourth-order valence-electron chi connectivity index (χ4n) is 2.50. The van der Waals surface area contributed by atoms with Crippen LogP contribution in [0, 0.1) is 11.6 Å². The van der Waals surface area contributed by atoms with Crippen molar-refractivity contribution in [3.8, 4) is 0 Å². The Morgan fingerprint density at radius 3 is 2.88 bits per heavy atom. The number of hydrogen-bond acceptors (Lipinski definition) is 3. The van der Waals surface area contributed by atoms with E-state index in [1.54, 1.807) is 11.3 Å². The molecule has 25 heavy (non-hydrogen) atoms. The quantitative estimate of drug-likeness (QED) is 0.747. The lowest BCUT2D eigenvalue weighted by atomic mass is 10.1. The fraction of sp³-hybridized carbons (Fsp3) is 0.235. The number of carbonyl (C=O) groups is 1. The lowest BCUT2D eigenvalue weighted by molar-refractivity contribution is 0.237. The van der Waals surface area contributed by atoms with Crippen LogP contribution in [-0.4, -0.2) is 27.2 Å². The fourth-order valence-corrected chi connectivity index (χ4v) is 2.50. The summed E-state index contributed by atoms with van der Waals surface area (Å²) in [6.45, 7) is 2.02. The predicted octanol–water partition coefficient (Wildman–Crippen LogP) is 2.61. The number of amides is 2. The van der Waals surface area contributed by atoms with Crippen molar-refractivity contribution < 1.29 is 13.6 Å². The number of halogens is 2. The second-order valence-corrected chi connectivity index (χ2v) is 5.59. The van der Waals surface area contributed by atoms with Gasteiger partial charge < -0.3 is 10.6 Å². The molecule has 0 fully saturated rings. The highest BCUT2D eigenvalue weighted by Crippen LogP contribution is 2.12. The molecule has 130 valence electrons. The molecule has 0 aliphatic carbocycles. The van der Waals surface area contributed by atoms with Gasteiger partial charge in [-0.25, -0.2) is 13.6 Å². The zero-order chi connectivity index (χ0) is 17.8. The first-order valence-corrected chi connectivity index (χ1v) is 7.82. The summed E-state index contributed by atoms with van der Waals surface area (Å²) >= 11 is 0. The Bertz CT molecular complexity index is 896. The van der Waals surface area contributed by atoms with Crippen LogP contribution in [0.1, 0.15) is 24.4 Å². The van der Waals surface area contributed by atoms with Gasteiger partial charge in [0.25, 0.3) is 0 Å². The predicted molar refractivity (Wildman–Crippen MR) is 88.0 cm³/mol. The molecular weight excluding hydrogens is 328 g/mol. The largest absolute Gasteiger partial charge is 0.338 e. The summed E-state index contributed by atoms with van der Waals surface area (Å²) < 4.78 is 28.2. The Hall–Kier alpha value is -3.03. The standard InChI is InChI=1S/C17H17F2N5O/c1-11(16-23-22-15-4-2-3-9-24(15)16)21-17(25)20-8-7-12-5-6-13(18)10-14(12)19/h2-6,9-11H,7-8H2,1H3,(H2,20,21,25). The van der Waals surface area contributed by atoms with Gasteiger partial charge in [-0.1, -0.05) is 12.1 Å². The number of rotatable bonds is 5. The van der Waals surface area contributed by atoms with E-state index >= 15 is 0 Å². The maximum absolute atomic E-state index is 13.5. The van der Waals surface area contributed by atoms with Crippen molar-refractivity contribution in [2.24, 2.45) is 0 Å². The summed E-state index contributed by atoms with van der Waals surface area (Å²) in [5.41, 5.74) is 1.04. The molecule has 8 heteroatoms. The van der Waals surface area contributed by atoms with Gasteiger partial charge in [0.05, 0.1) is 6.04 Å². The first kappa shape index (κ1) is 16.8. The van der Waals surface area contributed by atoms with Gasteiger partial charge in [-0.05, 0) is 37.1 Å². The Morgan fingerprint density at radius 1 is 1.24 bits per heavy atom. The topological polar surface area (TPSA) is 71.3 Å². The molecule has 0 aliphatic heterocycles. The van der Waals surface area contributed by atoms with Crippen LogP contribution in [-0.2, 0) is 6.42 Å². The summed E-state index contributed by atoms with van der Waals surface area (Å²) in [7, 11) is 0. The Labute approximate surface area is 142 Å².